The second kappa shape index (κ2) is 8.44. The SMILES string of the molecule is CC1CC(C)CN(CCCNC(=O)c2ccc([N+](=O)[O-])cc2Cl)C1. The van der Waals surface area contributed by atoms with E-state index < -0.39 is 4.92 Å². The molecule has 0 aliphatic carbocycles. The molecule has 24 heavy (non-hydrogen) atoms. The van der Waals surface area contributed by atoms with Gasteiger partial charge in [-0.05, 0) is 37.3 Å². The van der Waals surface area contributed by atoms with E-state index in [-0.39, 0.29) is 22.2 Å². The first-order chi connectivity index (χ1) is 11.4. The van der Waals surface area contributed by atoms with Crippen molar-refractivity contribution in [2.24, 2.45) is 11.8 Å². The number of non-ortho nitro benzene ring substituents is 1. The Morgan fingerprint density at radius 3 is 2.62 bits per heavy atom. The van der Waals surface area contributed by atoms with Crippen LogP contribution in [0.2, 0.25) is 5.02 Å². The molecule has 1 aromatic carbocycles. The fourth-order valence-corrected chi connectivity index (χ4v) is 3.64. The maximum Gasteiger partial charge on any atom is 0.270 e. The number of carbonyl (C=O) groups is 1. The van der Waals surface area contributed by atoms with Crippen molar-refractivity contribution in [3.05, 3.63) is 38.9 Å². The molecule has 0 bridgehead atoms. The van der Waals surface area contributed by atoms with Crippen molar-refractivity contribution in [2.45, 2.75) is 26.7 Å². The monoisotopic (exact) mass is 353 g/mol. The normalized spacial score (nSPS) is 21.5. The van der Waals surface area contributed by atoms with E-state index in [9.17, 15) is 14.9 Å². The summed E-state index contributed by atoms with van der Waals surface area (Å²) in [5.41, 5.74) is 0.146. The molecule has 6 nitrogen and oxygen atoms in total. The summed E-state index contributed by atoms with van der Waals surface area (Å²) in [5, 5.41) is 13.6. The summed E-state index contributed by atoms with van der Waals surface area (Å²) in [6, 6.07) is 3.88. The topological polar surface area (TPSA) is 75.5 Å². The highest BCUT2D eigenvalue weighted by Crippen LogP contribution is 2.22. The van der Waals surface area contributed by atoms with Crippen molar-refractivity contribution in [1.29, 1.82) is 0 Å². The summed E-state index contributed by atoms with van der Waals surface area (Å²) >= 11 is 5.96. The molecule has 7 heteroatoms. The fraction of sp³-hybridized carbons (Fsp3) is 0.588. The number of likely N-dealkylation sites (tertiary alicyclic amines) is 1. The van der Waals surface area contributed by atoms with Crippen LogP contribution in [0.15, 0.2) is 18.2 Å². The average Bonchev–Trinajstić information content (AvgIpc) is 2.50. The Hall–Kier alpha value is -1.66. The van der Waals surface area contributed by atoms with Gasteiger partial charge in [0.15, 0.2) is 0 Å². The Labute approximate surface area is 147 Å². The third-order valence-electron chi connectivity index (χ3n) is 4.29. The lowest BCUT2D eigenvalue weighted by atomic mass is 9.92. The van der Waals surface area contributed by atoms with Crippen LogP contribution in [-0.2, 0) is 0 Å². The molecule has 1 amide bonds. The number of hydrogen-bond donors (Lipinski definition) is 1. The number of benzene rings is 1. The van der Waals surface area contributed by atoms with E-state index in [0.29, 0.717) is 6.54 Å². The second-order valence-electron chi connectivity index (χ2n) is 6.74. The molecule has 1 saturated heterocycles. The molecule has 1 heterocycles. The van der Waals surface area contributed by atoms with Gasteiger partial charge in [0, 0.05) is 31.8 Å². The largest absolute Gasteiger partial charge is 0.352 e. The van der Waals surface area contributed by atoms with Crippen molar-refractivity contribution in [3.8, 4) is 0 Å². The zero-order valence-corrected chi connectivity index (χ0v) is 14.9. The van der Waals surface area contributed by atoms with Crippen LogP contribution < -0.4 is 5.32 Å². The van der Waals surface area contributed by atoms with Crippen molar-refractivity contribution in [3.63, 3.8) is 0 Å². The Balaban J connectivity index is 1.78. The first-order valence-corrected chi connectivity index (χ1v) is 8.69. The summed E-state index contributed by atoms with van der Waals surface area (Å²) in [6.07, 6.45) is 2.15. The minimum Gasteiger partial charge on any atom is -0.352 e. The van der Waals surface area contributed by atoms with E-state index in [2.05, 4.69) is 24.1 Å². The zero-order chi connectivity index (χ0) is 17.7. The van der Waals surface area contributed by atoms with Crippen LogP contribution in [0.1, 0.15) is 37.0 Å². The zero-order valence-electron chi connectivity index (χ0n) is 14.1. The predicted octanol–water partition coefficient (Wildman–Crippen LogP) is 3.35. The molecule has 0 saturated carbocycles. The smallest absolute Gasteiger partial charge is 0.270 e. The van der Waals surface area contributed by atoms with E-state index in [4.69, 9.17) is 11.6 Å². The minimum atomic E-state index is -0.534. The summed E-state index contributed by atoms with van der Waals surface area (Å²) in [6.45, 7) is 8.31. The first-order valence-electron chi connectivity index (χ1n) is 8.31. The Bertz CT molecular complexity index is 599. The highest BCUT2D eigenvalue weighted by atomic mass is 35.5. The van der Waals surface area contributed by atoms with Crippen molar-refractivity contribution in [1.82, 2.24) is 10.2 Å². The number of amides is 1. The number of nitrogens with zero attached hydrogens (tertiary/aromatic N) is 2. The molecular formula is C17H24ClN3O3. The Morgan fingerprint density at radius 2 is 2.04 bits per heavy atom. The van der Waals surface area contributed by atoms with E-state index in [1.54, 1.807) is 0 Å². The van der Waals surface area contributed by atoms with Crippen LogP contribution in [0.4, 0.5) is 5.69 Å². The number of hydrogen-bond acceptors (Lipinski definition) is 4. The number of rotatable bonds is 6. The van der Waals surface area contributed by atoms with Gasteiger partial charge in [0.05, 0.1) is 15.5 Å². The molecule has 1 fully saturated rings. The third kappa shape index (κ3) is 5.18. The Kier molecular flexibility index (Phi) is 6.57. The van der Waals surface area contributed by atoms with Crippen molar-refractivity contribution >= 4 is 23.2 Å². The lowest BCUT2D eigenvalue weighted by Gasteiger charge is -2.34. The predicted molar refractivity (Wildman–Crippen MR) is 94.4 cm³/mol. The molecule has 2 atom stereocenters. The van der Waals surface area contributed by atoms with Gasteiger partial charge in [0.25, 0.3) is 11.6 Å². The number of halogens is 1. The number of nitrogens with one attached hydrogen (secondary N) is 1. The van der Waals surface area contributed by atoms with E-state index in [1.807, 2.05) is 0 Å². The molecule has 132 valence electrons. The molecule has 2 unspecified atom stereocenters. The Morgan fingerprint density at radius 1 is 1.38 bits per heavy atom. The molecule has 1 aliphatic heterocycles. The van der Waals surface area contributed by atoms with Gasteiger partial charge in [-0.2, -0.15) is 0 Å². The van der Waals surface area contributed by atoms with Crippen LogP contribution in [0.25, 0.3) is 0 Å². The lowest BCUT2D eigenvalue weighted by molar-refractivity contribution is -0.384. The van der Waals surface area contributed by atoms with Gasteiger partial charge in [0.1, 0.15) is 0 Å². The van der Waals surface area contributed by atoms with Crippen molar-refractivity contribution < 1.29 is 9.72 Å². The van der Waals surface area contributed by atoms with Gasteiger partial charge in [-0.3, -0.25) is 14.9 Å². The van der Waals surface area contributed by atoms with Gasteiger partial charge in [-0.25, -0.2) is 0 Å². The van der Waals surface area contributed by atoms with Crippen LogP contribution in [0, 0.1) is 22.0 Å². The average molecular weight is 354 g/mol. The maximum absolute atomic E-state index is 12.1. The van der Waals surface area contributed by atoms with Crippen molar-refractivity contribution in [2.75, 3.05) is 26.2 Å². The lowest BCUT2D eigenvalue weighted by Crippen LogP contribution is -2.40. The highest BCUT2D eigenvalue weighted by Gasteiger charge is 2.21. The third-order valence-corrected chi connectivity index (χ3v) is 4.60. The van der Waals surface area contributed by atoms with Crippen LogP contribution in [0.5, 0.6) is 0 Å². The second-order valence-corrected chi connectivity index (χ2v) is 7.14. The number of nitro groups is 1. The summed E-state index contributed by atoms with van der Waals surface area (Å²) in [4.78, 5) is 24.7. The van der Waals surface area contributed by atoms with Crippen LogP contribution in [0.3, 0.4) is 0 Å². The molecule has 0 spiro atoms. The van der Waals surface area contributed by atoms with E-state index in [0.717, 1.165) is 37.9 Å². The van der Waals surface area contributed by atoms with Gasteiger partial charge in [-0.1, -0.05) is 25.4 Å². The van der Waals surface area contributed by atoms with Crippen LogP contribution in [-0.4, -0.2) is 41.9 Å². The summed E-state index contributed by atoms with van der Waals surface area (Å²) in [7, 11) is 0. The quantitative estimate of drug-likeness (QED) is 0.483. The molecule has 2 rings (SSSR count). The van der Waals surface area contributed by atoms with Gasteiger partial charge in [-0.15, -0.1) is 0 Å². The summed E-state index contributed by atoms with van der Waals surface area (Å²) in [5.74, 6) is 1.15. The minimum absolute atomic E-state index is 0.0976. The first kappa shape index (κ1) is 18.7. The molecular weight excluding hydrogens is 330 g/mol. The van der Waals surface area contributed by atoms with Crippen LogP contribution >= 0.6 is 11.6 Å². The summed E-state index contributed by atoms with van der Waals surface area (Å²) < 4.78 is 0. The fourth-order valence-electron chi connectivity index (χ4n) is 3.38. The molecule has 0 radical (unpaired) electrons. The molecule has 1 N–H and O–H groups in total. The van der Waals surface area contributed by atoms with E-state index in [1.165, 1.54) is 24.6 Å². The number of nitro benzene ring substituents is 1. The molecule has 1 aliphatic rings. The van der Waals surface area contributed by atoms with Gasteiger partial charge < -0.3 is 10.2 Å². The number of carbonyl (C=O) groups excluding carboxylic acids is 1. The molecule has 0 aromatic heterocycles. The molecule has 1 aromatic rings. The van der Waals surface area contributed by atoms with Gasteiger partial charge in [0.2, 0.25) is 0 Å². The standard InChI is InChI=1S/C17H24ClN3O3/c1-12-8-13(2)11-20(10-12)7-3-6-19-17(22)15-5-4-14(21(23)24)9-16(15)18/h4-5,9,12-13H,3,6-8,10-11H2,1-2H3,(H,19,22). The van der Waals surface area contributed by atoms with E-state index >= 15 is 0 Å². The maximum atomic E-state index is 12.1. The van der Waals surface area contributed by atoms with Gasteiger partial charge >= 0.3 is 0 Å². The number of piperidine rings is 1. The highest BCUT2D eigenvalue weighted by molar-refractivity contribution is 6.34.